The van der Waals surface area contributed by atoms with Crippen LogP contribution in [0.5, 0.6) is 0 Å². The highest BCUT2D eigenvalue weighted by Crippen LogP contribution is 2.23. The van der Waals surface area contributed by atoms with Crippen LogP contribution in [-0.4, -0.2) is 24.7 Å². The Balaban J connectivity index is 2.01. The summed E-state index contributed by atoms with van der Waals surface area (Å²) in [6, 6.07) is 9.46. The van der Waals surface area contributed by atoms with Crippen molar-refractivity contribution in [1.82, 2.24) is 0 Å². The normalized spacial score (nSPS) is 10.2. The van der Waals surface area contributed by atoms with E-state index in [9.17, 15) is 18.4 Å². The third-order valence-electron chi connectivity index (χ3n) is 2.80. The molecule has 0 aliphatic rings. The number of anilines is 1. The minimum absolute atomic E-state index is 0.0217. The Morgan fingerprint density at radius 2 is 1.78 bits per heavy atom. The average molecular weight is 337 g/mol. The van der Waals surface area contributed by atoms with Crippen LogP contribution in [0.2, 0.25) is 0 Å². The van der Waals surface area contributed by atoms with Gasteiger partial charge >= 0.3 is 5.97 Å². The molecule has 2 rings (SSSR count). The summed E-state index contributed by atoms with van der Waals surface area (Å²) < 4.78 is 30.8. The first kappa shape index (κ1) is 17.0. The molecule has 0 bridgehead atoms. The van der Waals surface area contributed by atoms with Crippen molar-refractivity contribution in [2.24, 2.45) is 0 Å². The Morgan fingerprint density at radius 1 is 1.13 bits per heavy atom. The molecule has 2 aromatic rings. The van der Waals surface area contributed by atoms with Gasteiger partial charge in [-0.25, -0.2) is 13.6 Å². The number of thioether (sulfide) groups is 1. The van der Waals surface area contributed by atoms with Crippen LogP contribution < -0.4 is 5.32 Å². The van der Waals surface area contributed by atoms with E-state index in [4.69, 9.17) is 0 Å². The molecule has 0 saturated heterocycles. The maximum Gasteiger partial charge on any atom is 0.338 e. The Bertz CT molecular complexity index is 717. The summed E-state index contributed by atoms with van der Waals surface area (Å²) in [5.41, 5.74) is 0.388. The lowest BCUT2D eigenvalue weighted by atomic mass is 10.2. The number of hydrogen-bond donors (Lipinski definition) is 1. The van der Waals surface area contributed by atoms with Gasteiger partial charge in [0.1, 0.15) is 11.6 Å². The van der Waals surface area contributed by atoms with Gasteiger partial charge in [-0.05, 0) is 24.3 Å². The number of halogens is 2. The predicted octanol–water partition coefficient (Wildman–Crippen LogP) is 3.48. The van der Waals surface area contributed by atoms with Gasteiger partial charge in [-0.1, -0.05) is 12.1 Å². The van der Waals surface area contributed by atoms with E-state index in [-0.39, 0.29) is 11.4 Å². The molecule has 0 spiro atoms. The van der Waals surface area contributed by atoms with Gasteiger partial charge in [-0.2, -0.15) is 0 Å². The summed E-state index contributed by atoms with van der Waals surface area (Å²) in [6.45, 7) is 0. The molecule has 0 atom stereocenters. The zero-order chi connectivity index (χ0) is 16.8. The molecule has 4 nitrogen and oxygen atoms in total. The number of hydrogen-bond acceptors (Lipinski definition) is 4. The van der Waals surface area contributed by atoms with Crippen LogP contribution in [0.15, 0.2) is 47.4 Å². The number of benzene rings is 2. The highest BCUT2D eigenvalue weighted by molar-refractivity contribution is 8.00. The minimum Gasteiger partial charge on any atom is -0.465 e. The highest BCUT2D eigenvalue weighted by Gasteiger charge is 2.13. The standard InChI is InChI=1S/C16H13F2NO3S/c1-22-16(21)13-4-2-3-5-14(13)23-9-15(20)19-12-7-10(17)6-11(18)8-12/h2-8H,9H2,1H3,(H,19,20). The maximum absolute atomic E-state index is 13.1. The van der Waals surface area contributed by atoms with Crippen molar-refractivity contribution in [3.05, 3.63) is 59.7 Å². The summed E-state index contributed by atoms with van der Waals surface area (Å²) in [4.78, 5) is 24.1. The van der Waals surface area contributed by atoms with Crippen LogP contribution in [0.1, 0.15) is 10.4 Å². The van der Waals surface area contributed by atoms with Gasteiger partial charge in [-0.15, -0.1) is 11.8 Å². The van der Waals surface area contributed by atoms with Crippen LogP contribution in [0.25, 0.3) is 0 Å². The summed E-state index contributed by atoms with van der Waals surface area (Å²) in [6.07, 6.45) is 0. The SMILES string of the molecule is COC(=O)c1ccccc1SCC(=O)Nc1cc(F)cc(F)c1. The summed E-state index contributed by atoms with van der Waals surface area (Å²) in [5.74, 6) is -2.51. The molecule has 0 heterocycles. The molecule has 0 aliphatic carbocycles. The molecule has 2 aromatic carbocycles. The highest BCUT2D eigenvalue weighted by atomic mass is 32.2. The van der Waals surface area contributed by atoms with Crippen molar-refractivity contribution < 1.29 is 23.1 Å². The lowest BCUT2D eigenvalue weighted by Crippen LogP contribution is -2.14. The monoisotopic (exact) mass is 337 g/mol. The van der Waals surface area contributed by atoms with E-state index in [0.717, 1.165) is 30.0 Å². The first-order valence-electron chi connectivity index (χ1n) is 6.55. The molecule has 120 valence electrons. The third-order valence-corrected chi connectivity index (χ3v) is 3.87. The Kier molecular flexibility index (Phi) is 5.70. The van der Waals surface area contributed by atoms with Gasteiger partial charge < -0.3 is 10.1 Å². The third kappa shape index (κ3) is 4.79. The fraction of sp³-hybridized carbons (Fsp3) is 0.125. The zero-order valence-corrected chi connectivity index (χ0v) is 13.0. The van der Waals surface area contributed by atoms with E-state index in [0.29, 0.717) is 10.5 Å². The van der Waals surface area contributed by atoms with Crippen molar-refractivity contribution in [3.63, 3.8) is 0 Å². The fourth-order valence-corrected chi connectivity index (χ4v) is 2.68. The smallest absolute Gasteiger partial charge is 0.338 e. The molecule has 0 aliphatic heterocycles. The second-order valence-electron chi connectivity index (χ2n) is 4.48. The van der Waals surface area contributed by atoms with Crippen LogP contribution in [-0.2, 0) is 9.53 Å². The number of amides is 1. The number of carbonyl (C=O) groups is 2. The van der Waals surface area contributed by atoms with Gasteiger partial charge in [-0.3, -0.25) is 4.79 Å². The van der Waals surface area contributed by atoms with Gasteiger partial charge in [0.2, 0.25) is 5.91 Å². The number of methoxy groups -OCH3 is 1. The van der Waals surface area contributed by atoms with Gasteiger partial charge in [0.05, 0.1) is 18.4 Å². The van der Waals surface area contributed by atoms with Crippen LogP contribution >= 0.6 is 11.8 Å². The second-order valence-corrected chi connectivity index (χ2v) is 5.50. The lowest BCUT2D eigenvalue weighted by molar-refractivity contribution is -0.113. The molecule has 0 aromatic heterocycles. The molecular formula is C16H13F2NO3S. The fourth-order valence-electron chi connectivity index (χ4n) is 1.84. The molecule has 0 unspecified atom stereocenters. The van der Waals surface area contributed by atoms with Gasteiger partial charge in [0.15, 0.2) is 0 Å². The molecule has 0 fully saturated rings. The van der Waals surface area contributed by atoms with Gasteiger partial charge in [0.25, 0.3) is 0 Å². The molecule has 0 radical (unpaired) electrons. The maximum atomic E-state index is 13.1. The van der Waals surface area contributed by atoms with Crippen molar-refractivity contribution in [2.75, 3.05) is 18.2 Å². The second kappa shape index (κ2) is 7.73. The van der Waals surface area contributed by atoms with E-state index < -0.39 is 23.5 Å². The largest absolute Gasteiger partial charge is 0.465 e. The van der Waals surface area contributed by atoms with Crippen molar-refractivity contribution in [1.29, 1.82) is 0 Å². The average Bonchev–Trinajstić information content (AvgIpc) is 2.51. The zero-order valence-electron chi connectivity index (χ0n) is 12.1. The number of nitrogens with one attached hydrogen (secondary N) is 1. The van der Waals surface area contributed by atoms with Crippen molar-refractivity contribution in [3.8, 4) is 0 Å². The first-order chi connectivity index (χ1) is 11.0. The summed E-state index contributed by atoms with van der Waals surface area (Å²) in [7, 11) is 1.27. The van der Waals surface area contributed by atoms with Gasteiger partial charge in [0, 0.05) is 16.6 Å². The minimum atomic E-state index is -0.774. The van der Waals surface area contributed by atoms with Crippen LogP contribution in [0, 0.1) is 11.6 Å². The first-order valence-corrected chi connectivity index (χ1v) is 7.54. The Labute approximate surface area is 135 Å². The summed E-state index contributed by atoms with van der Waals surface area (Å²) in [5, 5.41) is 2.40. The molecule has 23 heavy (non-hydrogen) atoms. The Morgan fingerprint density at radius 3 is 2.43 bits per heavy atom. The molecule has 0 saturated carbocycles. The van der Waals surface area contributed by atoms with Crippen molar-refractivity contribution >= 4 is 29.3 Å². The van der Waals surface area contributed by atoms with E-state index in [1.165, 1.54) is 7.11 Å². The van der Waals surface area contributed by atoms with Crippen LogP contribution in [0.3, 0.4) is 0 Å². The lowest BCUT2D eigenvalue weighted by Gasteiger charge is -2.08. The number of rotatable bonds is 5. The molecule has 1 amide bonds. The quantitative estimate of drug-likeness (QED) is 0.670. The van der Waals surface area contributed by atoms with E-state index in [1.54, 1.807) is 24.3 Å². The molecule has 1 N–H and O–H groups in total. The Hall–Kier alpha value is -2.41. The molecule has 7 heteroatoms. The summed E-state index contributed by atoms with van der Waals surface area (Å²) >= 11 is 1.13. The van der Waals surface area contributed by atoms with E-state index in [2.05, 4.69) is 10.1 Å². The van der Waals surface area contributed by atoms with E-state index in [1.807, 2.05) is 0 Å². The van der Waals surface area contributed by atoms with Crippen molar-refractivity contribution in [2.45, 2.75) is 4.90 Å². The predicted molar refractivity (Wildman–Crippen MR) is 83.5 cm³/mol. The number of ether oxygens (including phenoxy) is 1. The topological polar surface area (TPSA) is 55.4 Å². The number of carbonyl (C=O) groups excluding carboxylic acids is 2. The van der Waals surface area contributed by atoms with E-state index >= 15 is 0 Å². The van der Waals surface area contributed by atoms with Crippen LogP contribution in [0.4, 0.5) is 14.5 Å². The molecular weight excluding hydrogens is 324 g/mol. The number of esters is 1.